The molecule has 0 saturated heterocycles. The normalized spacial score (nSPS) is 11.2. The average molecular weight is 287 g/mol. The van der Waals surface area contributed by atoms with Crippen LogP contribution >= 0.6 is 0 Å². The van der Waals surface area contributed by atoms with E-state index in [4.69, 9.17) is 5.73 Å². The summed E-state index contributed by atoms with van der Waals surface area (Å²) in [6.07, 6.45) is 0. The fourth-order valence-corrected chi connectivity index (χ4v) is 1.60. The molecule has 2 rings (SSSR count). The quantitative estimate of drug-likeness (QED) is 0.792. The molecule has 1 aromatic heterocycles. The summed E-state index contributed by atoms with van der Waals surface area (Å²) in [5.74, 6) is -0.235. The van der Waals surface area contributed by atoms with Crippen LogP contribution in [0.1, 0.15) is 47.6 Å². The van der Waals surface area contributed by atoms with Crippen LogP contribution in [0, 0.1) is 0 Å². The highest BCUT2D eigenvalue weighted by molar-refractivity contribution is 6.02. The van der Waals surface area contributed by atoms with Gasteiger partial charge in [-0.15, -0.1) is 5.10 Å². The van der Waals surface area contributed by atoms with Crippen molar-refractivity contribution < 1.29 is 9.59 Å². The number of primary amides is 1. The van der Waals surface area contributed by atoms with Crippen molar-refractivity contribution in [1.82, 2.24) is 15.2 Å². The average Bonchev–Trinajstić information content (AvgIpc) is 2.88. The number of aromatic amines is 1. The van der Waals surface area contributed by atoms with E-state index < -0.39 is 11.8 Å². The van der Waals surface area contributed by atoms with E-state index in [2.05, 4.69) is 20.5 Å². The van der Waals surface area contributed by atoms with Crippen molar-refractivity contribution in [2.75, 3.05) is 5.32 Å². The Morgan fingerprint density at radius 2 is 1.81 bits per heavy atom. The minimum absolute atomic E-state index is 0.0684. The Hall–Kier alpha value is -2.70. The van der Waals surface area contributed by atoms with Gasteiger partial charge in [0.25, 0.3) is 5.91 Å². The number of nitrogens with one attached hydrogen (secondary N) is 2. The first-order valence-electron chi connectivity index (χ1n) is 6.41. The molecule has 0 atom stereocenters. The van der Waals surface area contributed by atoms with Gasteiger partial charge in [-0.1, -0.05) is 20.8 Å². The van der Waals surface area contributed by atoms with Crippen LogP contribution < -0.4 is 11.1 Å². The second kappa shape index (κ2) is 5.35. The Balaban J connectivity index is 2.11. The summed E-state index contributed by atoms with van der Waals surface area (Å²) in [5.41, 5.74) is 5.85. The van der Waals surface area contributed by atoms with Gasteiger partial charge in [-0.05, 0) is 24.3 Å². The van der Waals surface area contributed by atoms with E-state index in [-0.39, 0.29) is 11.2 Å². The van der Waals surface area contributed by atoms with Gasteiger partial charge in [0.05, 0.1) is 0 Å². The molecule has 0 radical (unpaired) electrons. The number of carbonyl (C=O) groups is 2. The zero-order chi connectivity index (χ0) is 15.6. The molecule has 0 aliphatic carbocycles. The summed E-state index contributed by atoms with van der Waals surface area (Å²) in [6, 6.07) is 6.26. The predicted octanol–water partition coefficient (Wildman–Crippen LogP) is 1.45. The zero-order valence-corrected chi connectivity index (χ0v) is 12.1. The molecule has 1 aromatic carbocycles. The number of benzene rings is 1. The zero-order valence-electron chi connectivity index (χ0n) is 12.1. The summed E-state index contributed by atoms with van der Waals surface area (Å²) in [5, 5.41) is 9.31. The van der Waals surface area contributed by atoms with Crippen LogP contribution in [0.2, 0.25) is 0 Å². The fraction of sp³-hybridized carbons (Fsp3) is 0.286. The van der Waals surface area contributed by atoms with Gasteiger partial charge < -0.3 is 11.1 Å². The standard InChI is InChI=1S/C14H17N5O2/c1-14(2,3)13-17-11(18-19-13)12(21)16-9-6-4-8(5-7-9)10(15)20/h4-7H,1-3H3,(H2,15,20)(H,16,21)(H,17,18,19). The number of aromatic nitrogens is 3. The van der Waals surface area contributed by atoms with Crippen molar-refractivity contribution >= 4 is 17.5 Å². The lowest BCUT2D eigenvalue weighted by atomic mass is 9.96. The number of rotatable bonds is 3. The van der Waals surface area contributed by atoms with Crippen LogP contribution in [0.5, 0.6) is 0 Å². The van der Waals surface area contributed by atoms with Gasteiger partial charge >= 0.3 is 0 Å². The molecule has 0 fully saturated rings. The molecule has 21 heavy (non-hydrogen) atoms. The summed E-state index contributed by atoms with van der Waals surface area (Å²) >= 11 is 0. The van der Waals surface area contributed by atoms with Crippen LogP contribution in [0.3, 0.4) is 0 Å². The predicted molar refractivity (Wildman–Crippen MR) is 78.0 cm³/mol. The molecular weight excluding hydrogens is 270 g/mol. The van der Waals surface area contributed by atoms with Gasteiger partial charge in [-0.3, -0.25) is 14.7 Å². The molecule has 0 saturated carbocycles. The topological polar surface area (TPSA) is 114 Å². The minimum atomic E-state index is -0.517. The van der Waals surface area contributed by atoms with E-state index in [1.807, 2.05) is 20.8 Å². The largest absolute Gasteiger partial charge is 0.366 e. The lowest BCUT2D eigenvalue weighted by Crippen LogP contribution is -2.16. The van der Waals surface area contributed by atoms with Crippen LogP contribution in [0.25, 0.3) is 0 Å². The third-order valence-corrected chi connectivity index (χ3v) is 2.83. The SMILES string of the molecule is CC(C)(C)c1nc(C(=O)Nc2ccc(C(N)=O)cc2)n[nH]1. The van der Waals surface area contributed by atoms with E-state index in [1.165, 1.54) is 12.1 Å². The van der Waals surface area contributed by atoms with Crippen molar-refractivity contribution in [3.05, 3.63) is 41.5 Å². The first-order valence-corrected chi connectivity index (χ1v) is 6.41. The highest BCUT2D eigenvalue weighted by Crippen LogP contribution is 2.17. The minimum Gasteiger partial charge on any atom is -0.366 e. The van der Waals surface area contributed by atoms with Crippen molar-refractivity contribution in [1.29, 1.82) is 0 Å². The molecule has 7 heteroatoms. The van der Waals surface area contributed by atoms with Crippen molar-refractivity contribution in [3.8, 4) is 0 Å². The molecule has 4 N–H and O–H groups in total. The van der Waals surface area contributed by atoms with Gasteiger partial charge in [0, 0.05) is 16.7 Å². The number of hydrogen-bond donors (Lipinski definition) is 3. The van der Waals surface area contributed by atoms with Gasteiger partial charge in [-0.2, -0.15) is 0 Å². The number of nitrogens with two attached hydrogens (primary N) is 1. The fourth-order valence-electron chi connectivity index (χ4n) is 1.60. The van der Waals surface area contributed by atoms with Crippen LogP contribution in [-0.2, 0) is 5.41 Å². The molecule has 0 spiro atoms. The summed E-state index contributed by atoms with van der Waals surface area (Å²) in [7, 11) is 0. The van der Waals surface area contributed by atoms with Crippen molar-refractivity contribution in [3.63, 3.8) is 0 Å². The lowest BCUT2D eigenvalue weighted by Gasteiger charge is -2.12. The first-order chi connectivity index (χ1) is 9.77. The Kier molecular flexibility index (Phi) is 3.75. The number of anilines is 1. The summed E-state index contributed by atoms with van der Waals surface area (Å²) in [4.78, 5) is 27.2. The van der Waals surface area contributed by atoms with Crippen molar-refractivity contribution in [2.24, 2.45) is 5.73 Å². The third kappa shape index (κ3) is 3.44. The van der Waals surface area contributed by atoms with Crippen LogP contribution in [-0.4, -0.2) is 27.0 Å². The third-order valence-electron chi connectivity index (χ3n) is 2.83. The molecule has 0 aliphatic rings. The highest BCUT2D eigenvalue weighted by atomic mass is 16.2. The molecule has 1 heterocycles. The van der Waals surface area contributed by atoms with Crippen LogP contribution in [0.4, 0.5) is 5.69 Å². The van der Waals surface area contributed by atoms with Gasteiger partial charge in [-0.25, -0.2) is 4.98 Å². The lowest BCUT2D eigenvalue weighted by molar-refractivity contribution is 0.0997. The Morgan fingerprint density at radius 3 is 2.29 bits per heavy atom. The number of amides is 2. The second-order valence-corrected chi connectivity index (χ2v) is 5.65. The molecule has 2 amide bonds. The van der Waals surface area contributed by atoms with E-state index in [0.29, 0.717) is 17.1 Å². The van der Waals surface area contributed by atoms with Gasteiger partial charge in [0.1, 0.15) is 5.82 Å². The second-order valence-electron chi connectivity index (χ2n) is 5.65. The molecule has 0 unspecified atom stereocenters. The maximum atomic E-state index is 12.0. The van der Waals surface area contributed by atoms with Crippen molar-refractivity contribution in [2.45, 2.75) is 26.2 Å². The van der Waals surface area contributed by atoms with Gasteiger partial charge in [0.15, 0.2) is 0 Å². The summed E-state index contributed by atoms with van der Waals surface area (Å²) < 4.78 is 0. The molecule has 7 nitrogen and oxygen atoms in total. The number of nitrogens with zero attached hydrogens (tertiary/aromatic N) is 2. The van der Waals surface area contributed by atoms with E-state index in [1.54, 1.807) is 12.1 Å². The Labute approximate surface area is 122 Å². The van der Waals surface area contributed by atoms with E-state index >= 15 is 0 Å². The molecule has 2 aromatic rings. The van der Waals surface area contributed by atoms with E-state index in [0.717, 1.165) is 0 Å². The molecule has 110 valence electrons. The smallest absolute Gasteiger partial charge is 0.295 e. The molecule has 0 aliphatic heterocycles. The number of H-pyrrole nitrogens is 1. The van der Waals surface area contributed by atoms with Gasteiger partial charge in [0.2, 0.25) is 11.7 Å². The van der Waals surface area contributed by atoms with E-state index in [9.17, 15) is 9.59 Å². The van der Waals surface area contributed by atoms with Crippen LogP contribution in [0.15, 0.2) is 24.3 Å². The maximum absolute atomic E-state index is 12.0. The summed E-state index contributed by atoms with van der Waals surface area (Å²) in [6.45, 7) is 5.91. The molecular formula is C14H17N5O2. The number of carbonyl (C=O) groups excluding carboxylic acids is 2. The Morgan fingerprint density at radius 1 is 1.19 bits per heavy atom. The Bertz CT molecular complexity index is 667. The molecule has 0 bridgehead atoms. The maximum Gasteiger partial charge on any atom is 0.295 e. The highest BCUT2D eigenvalue weighted by Gasteiger charge is 2.21. The first kappa shape index (κ1) is 14.7. The number of hydrogen-bond acceptors (Lipinski definition) is 4. The monoisotopic (exact) mass is 287 g/mol.